The minimum absolute atomic E-state index is 0. The van der Waals surface area contributed by atoms with Gasteiger partial charge < -0.3 is 10.6 Å². The zero-order valence-electron chi connectivity index (χ0n) is 13.2. The van der Waals surface area contributed by atoms with Crippen molar-refractivity contribution in [1.82, 2.24) is 10.6 Å². The van der Waals surface area contributed by atoms with Gasteiger partial charge in [0.05, 0.1) is 4.90 Å². The van der Waals surface area contributed by atoms with Gasteiger partial charge in [0.25, 0.3) is 0 Å². The number of nitrogens with one attached hydrogen (secondary N) is 2. The number of sulfonamides is 1. The molecule has 0 amide bonds. The second-order valence-corrected chi connectivity index (χ2v) is 7.26. The van der Waals surface area contributed by atoms with Crippen LogP contribution in [0.1, 0.15) is 11.1 Å². The van der Waals surface area contributed by atoms with Crippen LogP contribution in [0.5, 0.6) is 0 Å². The van der Waals surface area contributed by atoms with Crippen LogP contribution in [0, 0.1) is 0 Å². The summed E-state index contributed by atoms with van der Waals surface area (Å²) >= 11 is 1.66. The number of thiophene rings is 1. The number of aliphatic imine (C=N–C) groups is 1. The molecule has 0 saturated carbocycles. The van der Waals surface area contributed by atoms with Gasteiger partial charge in [-0.3, -0.25) is 4.99 Å². The Hall–Kier alpha value is -1.17. The maximum absolute atomic E-state index is 11.2. The molecule has 0 aliphatic heterocycles. The van der Waals surface area contributed by atoms with Gasteiger partial charge in [-0.1, -0.05) is 12.1 Å². The molecule has 1 aromatic heterocycles. The normalized spacial score (nSPS) is 11.7. The molecule has 6 nitrogen and oxygen atoms in total. The van der Waals surface area contributed by atoms with E-state index in [2.05, 4.69) is 27.1 Å². The van der Waals surface area contributed by atoms with Crippen molar-refractivity contribution in [3.05, 3.63) is 52.2 Å². The Morgan fingerprint density at radius 2 is 1.88 bits per heavy atom. The molecule has 0 radical (unpaired) electrons. The van der Waals surface area contributed by atoms with Crippen LogP contribution in [0.3, 0.4) is 0 Å². The molecule has 0 saturated heterocycles. The lowest BCUT2D eigenvalue weighted by Gasteiger charge is -2.11. The van der Waals surface area contributed by atoms with Gasteiger partial charge in [0.2, 0.25) is 10.0 Å². The van der Waals surface area contributed by atoms with E-state index in [9.17, 15) is 8.42 Å². The molecular weight excluding hydrogens is 459 g/mol. The third-order valence-corrected chi connectivity index (χ3v) is 4.88. The monoisotopic (exact) mass is 480 g/mol. The quantitative estimate of drug-likeness (QED) is 0.335. The lowest BCUT2D eigenvalue weighted by Crippen LogP contribution is -2.37. The summed E-state index contributed by atoms with van der Waals surface area (Å²) in [7, 11) is -1.90. The van der Waals surface area contributed by atoms with E-state index in [1.807, 2.05) is 5.38 Å². The fraction of sp³-hybridized carbons (Fsp3) is 0.267. The molecule has 1 heterocycles. The van der Waals surface area contributed by atoms with Gasteiger partial charge in [0.1, 0.15) is 0 Å². The molecule has 1 aromatic carbocycles. The maximum Gasteiger partial charge on any atom is 0.238 e. The van der Waals surface area contributed by atoms with E-state index in [0.29, 0.717) is 6.54 Å². The van der Waals surface area contributed by atoms with Gasteiger partial charge in [-0.05, 0) is 46.5 Å². The first-order chi connectivity index (χ1) is 11.0. The maximum atomic E-state index is 11.2. The van der Waals surface area contributed by atoms with E-state index in [0.717, 1.165) is 24.5 Å². The Labute approximate surface area is 163 Å². The Bertz CT molecular complexity index is 744. The lowest BCUT2D eigenvalue weighted by molar-refractivity contribution is 0.598. The number of nitrogens with two attached hydrogens (primary N) is 1. The molecule has 0 unspecified atom stereocenters. The largest absolute Gasteiger partial charge is 0.356 e. The smallest absolute Gasteiger partial charge is 0.238 e. The number of halogens is 1. The highest BCUT2D eigenvalue weighted by Crippen LogP contribution is 2.09. The van der Waals surface area contributed by atoms with Crippen molar-refractivity contribution >= 4 is 51.3 Å². The molecule has 0 fully saturated rings. The van der Waals surface area contributed by atoms with E-state index in [-0.39, 0.29) is 28.9 Å². The van der Waals surface area contributed by atoms with Crippen molar-refractivity contribution < 1.29 is 8.42 Å². The third-order valence-electron chi connectivity index (χ3n) is 3.22. The highest BCUT2D eigenvalue weighted by molar-refractivity contribution is 14.0. The molecule has 2 aromatic rings. The van der Waals surface area contributed by atoms with Gasteiger partial charge >= 0.3 is 0 Å². The average molecular weight is 480 g/mol. The Balaban J connectivity index is 0.00000288. The lowest BCUT2D eigenvalue weighted by atomic mass is 10.1. The number of benzene rings is 1. The first-order valence-corrected chi connectivity index (χ1v) is 9.55. The van der Waals surface area contributed by atoms with Gasteiger partial charge in [-0.2, -0.15) is 11.3 Å². The van der Waals surface area contributed by atoms with Crippen molar-refractivity contribution in [2.75, 3.05) is 13.6 Å². The summed E-state index contributed by atoms with van der Waals surface area (Å²) in [6.07, 6.45) is 0.754. The van der Waals surface area contributed by atoms with E-state index < -0.39 is 10.0 Å². The van der Waals surface area contributed by atoms with Gasteiger partial charge in [-0.15, -0.1) is 24.0 Å². The van der Waals surface area contributed by atoms with Crippen LogP contribution in [-0.2, 0) is 23.0 Å². The molecule has 2 rings (SSSR count). The van der Waals surface area contributed by atoms with Crippen molar-refractivity contribution in [3.63, 3.8) is 0 Å². The molecule has 9 heteroatoms. The topological polar surface area (TPSA) is 96.6 Å². The number of primary sulfonamides is 1. The number of nitrogens with zero attached hydrogens (tertiary/aromatic N) is 1. The molecule has 0 spiro atoms. The van der Waals surface area contributed by atoms with Crippen LogP contribution in [0.15, 0.2) is 51.0 Å². The second kappa shape index (κ2) is 9.97. The predicted octanol–water partition coefficient (Wildman–Crippen LogP) is 1.92. The van der Waals surface area contributed by atoms with Crippen molar-refractivity contribution in [2.24, 2.45) is 10.1 Å². The third kappa shape index (κ3) is 6.75. The second-order valence-electron chi connectivity index (χ2n) is 4.92. The summed E-state index contributed by atoms with van der Waals surface area (Å²) in [5, 5.41) is 15.7. The minimum Gasteiger partial charge on any atom is -0.356 e. The highest BCUT2D eigenvalue weighted by atomic mass is 127. The van der Waals surface area contributed by atoms with Crippen LogP contribution in [0.25, 0.3) is 0 Å². The minimum atomic E-state index is -3.63. The first-order valence-electron chi connectivity index (χ1n) is 7.06. The van der Waals surface area contributed by atoms with Crippen molar-refractivity contribution in [2.45, 2.75) is 17.9 Å². The Morgan fingerprint density at radius 3 is 2.42 bits per heavy atom. The molecule has 4 N–H and O–H groups in total. The number of hydrogen-bond donors (Lipinski definition) is 3. The summed E-state index contributed by atoms with van der Waals surface area (Å²) in [6.45, 7) is 1.42. The molecular formula is C15H21IN4O2S2. The molecule has 0 bridgehead atoms. The van der Waals surface area contributed by atoms with Crippen molar-refractivity contribution in [3.8, 4) is 0 Å². The molecule has 0 aliphatic carbocycles. The zero-order valence-corrected chi connectivity index (χ0v) is 17.2. The highest BCUT2D eigenvalue weighted by Gasteiger charge is 2.06. The SMILES string of the molecule is CN=C(NCCc1ccc(S(N)(=O)=O)cc1)NCc1ccsc1.I. The van der Waals surface area contributed by atoms with E-state index in [1.54, 1.807) is 30.5 Å². The zero-order chi connectivity index (χ0) is 16.7. The summed E-state index contributed by atoms with van der Waals surface area (Å²) in [5.74, 6) is 0.734. The summed E-state index contributed by atoms with van der Waals surface area (Å²) in [6, 6.07) is 8.65. The van der Waals surface area contributed by atoms with Crippen LogP contribution in [0.2, 0.25) is 0 Å². The first kappa shape index (κ1) is 20.9. The van der Waals surface area contributed by atoms with E-state index in [4.69, 9.17) is 5.14 Å². The predicted molar refractivity (Wildman–Crippen MR) is 109 cm³/mol. The Morgan fingerprint density at radius 1 is 1.17 bits per heavy atom. The fourth-order valence-electron chi connectivity index (χ4n) is 1.97. The Kier molecular flexibility index (Phi) is 8.67. The van der Waals surface area contributed by atoms with E-state index >= 15 is 0 Å². The molecule has 132 valence electrons. The summed E-state index contributed by atoms with van der Waals surface area (Å²) < 4.78 is 22.4. The van der Waals surface area contributed by atoms with Crippen molar-refractivity contribution in [1.29, 1.82) is 0 Å². The molecule has 24 heavy (non-hydrogen) atoms. The number of hydrogen-bond acceptors (Lipinski definition) is 4. The summed E-state index contributed by atoms with van der Waals surface area (Å²) in [5.41, 5.74) is 2.25. The van der Waals surface area contributed by atoms with Crippen LogP contribution < -0.4 is 15.8 Å². The molecule has 0 atom stereocenters. The van der Waals surface area contributed by atoms with Gasteiger partial charge in [0.15, 0.2) is 5.96 Å². The average Bonchev–Trinajstić information content (AvgIpc) is 3.03. The van der Waals surface area contributed by atoms with Gasteiger partial charge in [0, 0.05) is 20.1 Å². The van der Waals surface area contributed by atoms with Crippen LogP contribution >= 0.6 is 35.3 Å². The summed E-state index contributed by atoms with van der Waals surface area (Å²) in [4.78, 5) is 4.29. The standard InChI is InChI=1S/C15H20N4O2S2.HI/c1-17-15(19-10-13-7-9-22-11-13)18-8-6-12-2-4-14(5-3-12)23(16,20)21;/h2-5,7,9,11H,6,8,10H2,1H3,(H2,16,20,21)(H2,17,18,19);1H. The van der Waals surface area contributed by atoms with Gasteiger partial charge in [-0.25, -0.2) is 13.6 Å². The molecule has 0 aliphatic rings. The van der Waals surface area contributed by atoms with Crippen LogP contribution in [0.4, 0.5) is 0 Å². The number of guanidine groups is 1. The number of rotatable bonds is 6. The fourth-order valence-corrected chi connectivity index (χ4v) is 3.15. The van der Waals surface area contributed by atoms with E-state index in [1.165, 1.54) is 17.7 Å². The van der Waals surface area contributed by atoms with Crippen LogP contribution in [-0.4, -0.2) is 28.0 Å².